The number of amides is 1. The van der Waals surface area contributed by atoms with E-state index in [4.69, 9.17) is 9.15 Å². The van der Waals surface area contributed by atoms with E-state index in [1.807, 2.05) is 37.3 Å². The summed E-state index contributed by atoms with van der Waals surface area (Å²) in [4.78, 5) is 28.2. The van der Waals surface area contributed by atoms with Crippen LogP contribution in [0.4, 0.5) is 5.69 Å². The standard InChI is InChI=1S/C22H22N2O4/c1-3-7-21(26)23-17-10-11-20(19(12-17)15(2)25)27-13-18-14-28-22(24-18)16-8-5-4-6-9-16/h4-6,8-12,14H,3,7,13H2,1-2H3,(H,23,26). The van der Waals surface area contributed by atoms with Gasteiger partial charge in [0.1, 0.15) is 24.3 Å². The number of nitrogens with zero attached hydrogens (tertiary/aromatic N) is 1. The Labute approximate surface area is 163 Å². The number of oxazole rings is 1. The van der Waals surface area contributed by atoms with E-state index in [9.17, 15) is 9.59 Å². The van der Waals surface area contributed by atoms with Crippen molar-refractivity contribution >= 4 is 17.4 Å². The summed E-state index contributed by atoms with van der Waals surface area (Å²) in [6, 6.07) is 14.6. The molecule has 0 saturated carbocycles. The van der Waals surface area contributed by atoms with Crippen LogP contribution in [0.5, 0.6) is 5.75 Å². The molecule has 0 atom stereocenters. The number of hydrogen-bond donors (Lipinski definition) is 1. The molecule has 2 aromatic carbocycles. The first-order chi connectivity index (χ1) is 13.6. The second-order valence-electron chi connectivity index (χ2n) is 6.36. The van der Waals surface area contributed by atoms with E-state index in [-0.39, 0.29) is 18.3 Å². The molecule has 3 rings (SSSR count). The molecule has 0 aliphatic carbocycles. The Kier molecular flexibility index (Phi) is 6.22. The number of nitrogens with one attached hydrogen (secondary N) is 1. The third kappa shape index (κ3) is 4.85. The molecule has 0 spiro atoms. The molecule has 1 aromatic heterocycles. The molecule has 0 fully saturated rings. The molecule has 0 saturated heterocycles. The lowest BCUT2D eigenvalue weighted by atomic mass is 10.1. The maximum absolute atomic E-state index is 12.0. The van der Waals surface area contributed by atoms with E-state index < -0.39 is 0 Å². The average molecular weight is 378 g/mol. The highest BCUT2D eigenvalue weighted by Gasteiger charge is 2.13. The van der Waals surface area contributed by atoms with E-state index in [2.05, 4.69) is 10.3 Å². The lowest BCUT2D eigenvalue weighted by Gasteiger charge is -2.11. The van der Waals surface area contributed by atoms with Gasteiger partial charge in [0.25, 0.3) is 0 Å². The number of rotatable bonds is 8. The molecule has 28 heavy (non-hydrogen) atoms. The molecule has 3 aromatic rings. The summed E-state index contributed by atoms with van der Waals surface area (Å²) in [7, 11) is 0. The Morgan fingerprint density at radius 3 is 2.64 bits per heavy atom. The van der Waals surface area contributed by atoms with Crippen LogP contribution in [0.1, 0.15) is 42.7 Å². The summed E-state index contributed by atoms with van der Waals surface area (Å²) >= 11 is 0. The maximum Gasteiger partial charge on any atom is 0.226 e. The summed E-state index contributed by atoms with van der Waals surface area (Å²) in [5.41, 5.74) is 2.48. The van der Waals surface area contributed by atoms with Crippen molar-refractivity contribution in [2.24, 2.45) is 0 Å². The molecule has 0 unspecified atom stereocenters. The minimum atomic E-state index is -0.147. The number of ketones is 1. The minimum absolute atomic E-state index is 0.0818. The van der Waals surface area contributed by atoms with Crippen molar-refractivity contribution in [1.82, 2.24) is 4.98 Å². The molecular weight excluding hydrogens is 356 g/mol. The molecule has 1 N–H and O–H groups in total. The summed E-state index contributed by atoms with van der Waals surface area (Å²) in [5.74, 6) is 0.721. The Morgan fingerprint density at radius 2 is 1.93 bits per heavy atom. The highest BCUT2D eigenvalue weighted by Crippen LogP contribution is 2.25. The molecule has 0 aliphatic heterocycles. The van der Waals surface area contributed by atoms with E-state index in [0.29, 0.717) is 35.0 Å². The Balaban J connectivity index is 1.71. The summed E-state index contributed by atoms with van der Waals surface area (Å²) in [5, 5.41) is 2.79. The van der Waals surface area contributed by atoms with Crippen molar-refractivity contribution in [1.29, 1.82) is 0 Å². The van der Waals surface area contributed by atoms with Crippen LogP contribution < -0.4 is 10.1 Å². The number of benzene rings is 2. The molecule has 1 heterocycles. The van der Waals surface area contributed by atoms with Crippen molar-refractivity contribution in [2.45, 2.75) is 33.3 Å². The molecule has 1 amide bonds. The Hall–Kier alpha value is -3.41. The predicted molar refractivity (Wildman–Crippen MR) is 106 cm³/mol. The van der Waals surface area contributed by atoms with Crippen molar-refractivity contribution in [3.8, 4) is 17.2 Å². The average Bonchev–Trinajstić information content (AvgIpc) is 3.17. The van der Waals surface area contributed by atoms with Gasteiger partial charge in [-0.3, -0.25) is 9.59 Å². The molecule has 144 valence electrons. The lowest BCUT2D eigenvalue weighted by molar-refractivity contribution is -0.116. The topological polar surface area (TPSA) is 81.4 Å². The maximum atomic E-state index is 12.0. The van der Waals surface area contributed by atoms with Crippen molar-refractivity contribution in [2.75, 3.05) is 5.32 Å². The van der Waals surface area contributed by atoms with Gasteiger partial charge in [0.15, 0.2) is 5.78 Å². The predicted octanol–water partition coefficient (Wildman–Crippen LogP) is 4.86. The number of hydrogen-bond acceptors (Lipinski definition) is 5. The Bertz CT molecular complexity index is 964. The van der Waals surface area contributed by atoms with Crippen LogP contribution in [0.15, 0.2) is 59.2 Å². The monoisotopic (exact) mass is 378 g/mol. The second-order valence-corrected chi connectivity index (χ2v) is 6.36. The van der Waals surface area contributed by atoms with Crippen LogP contribution in [-0.2, 0) is 11.4 Å². The van der Waals surface area contributed by atoms with Gasteiger partial charge in [0.2, 0.25) is 11.8 Å². The van der Waals surface area contributed by atoms with Crippen LogP contribution in [0.25, 0.3) is 11.5 Å². The minimum Gasteiger partial charge on any atom is -0.486 e. The number of ether oxygens (including phenoxy) is 1. The zero-order valence-corrected chi connectivity index (χ0v) is 15.9. The highest BCUT2D eigenvalue weighted by molar-refractivity contribution is 5.99. The normalized spacial score (nSPS) is 10.5. The van der Waals surface area contributed by atoms with Gasteiger partial charge in [0.05, 0.1) is 5.56 Å². The molecule has 0 bridgehead atoms. The van der Waals surface area contributed by atoms with Crippen LogP contribution in [0.3, 0.4) is 0 Å². The number of Topliss-reactive ketones (excluding diaryl/α,β-unsaturated/α-hetero) is 1. The highest BCUT2D eigenvalue weighted by atomic mass is 16.5. The number of aromatic nitrogens is 1. The summed E-state index contributed by atoms with van der Waals surface area (Å²) in [6.07, 6.45) is 2.73. The third-order valence-electron chi connectivity index (χ3n) is 4.07. The van der Waals surface area contributed by atoms with Gasteiger partial charge in [0, 0.05) is 17.7 Å². The smallest absolute Gasteiger partial charge is 0.226 e. The fraction of sp³-hybridized carbons (Fsp3) is 0.227. The van der Waals surface area contributed by atoms with Gasteiger partial charge in [-0.15, -0.1) is 0 Å². The van der Waals surface area contributed by atoms with Crippen LogP contribution >= 0.6 is 0 Å². The van der Waals surface area contributed by atoms with E-state index in [1.54, 1.807) is 18.2 Å². The van der Waals surface area contributed by atoms with E-state index in [1.165, 1.54) is 13.2 Å². The first-order valence-corrected chi connectivity index (χ1v) is 9.14. The summed E-state index contributed by atoms with van der Waals surface area (Å²) in [6.45, 7) is 3.56. The number of anilines is 1. The first kappa shape index (κ1) is 19.4. The largest absolute Gasteiger partial charge is 0.486 e. The zero-order chi connectivity index (χ0) is 19.9. The van der Waals surface area contributed by atoms with Gasteiger partial charge in [-0.25, -0.2) is 4.98 Å². The fourth-order valence-electron chi connectivity index (χ4n) is 2.70. The molecule has 6 nitrogen and oxygen atoms in total. The van der Waals surface area contributed by atoms with Gasteiger partial charge in [-0.05, 0) is 43.7 Å². The van der Waals surface area contributed by atoms with E-state index in [0.717, 1.165) is 12.0 Å². The van der Waals surface area contributed by atoms with Crippen LogP contribution in [0, 0.1) is 0 Å². The molecule has 0 radical (unpaired) electrons. The van der Waals surface area contributed by atoms with Gasteiger partial charge >= 0.3 is 0 Å². The molecule has 6 heteroatoms. The number of carbonyl (C=O) groups excluding carboxylic acids is 2. The quantitative estimate of drug-likeness (QED) is 0.566. The van der Waals surface area contributed by atoms with E-state index >= 15 is 0 Å². The number of carbonyl (C=O) groups is 2. The summed E-state index contributed by atoms with van der Waals surface area (Å²) < 4.78 is 11.3. The van der Waals surface area contributed by atoms with Gasteiger partial charge in [-0.2, -0.15) is 0 Å². The van der Waals surface area contributed by atoms with Crippen LogP contribution in [-0.4, -0.2) is 16.7 Å². The molecule has 0 aliphatic rings. The van der Waals surface area contributed by atoms with Gasteiger partial charge in [-0.1, -0.05) is 25.1 Å². The van der Waals surface area contributed by atoms with Crippen molar-refractivity contribution in [3.63, 3.8) is 0 Å². The van der Waals surface area contributed by atoms with Crippen LogP contribution in [0.2, 0.25) is 0 Å². The second kappa shape index (κ2) is 8.99. The molecular formula is C22H22N2O4. The van der Waals surface area contributed by atoms with Gasteiger partial charge < -0.3 is 14.5 Å². The zero-order valence-electron chi connectivity index (χ0n) is 15.9. The fourth-order valence-corrected chi connectivity index (χ4v) is 2.70. The Morgan fingerprint density at radius 1 is 1.14 bits per heavy atom. The third-order valence-corrected chi connectivity index (χ3v) is 4.07. The van der Waals surface area contributed by atoms with Crippen molar-refractivity contribution in [3.05, 3.63) is 66.1 Å². The van der Waals surface area contributed by atoms with Crippen molar-refractivity contribution < 1.29 is 18.7 Å². The SMILES string of the molecule is CCCC(=O)Nc1ccc(OCc2coc(-c3ccccc3)n2)c(C(C)=O)c1. The lowest BCUT2D eigenvalue weighted by Crippen LogP contribution is -2.11. The first-order valence-electron chi connectivity index (χ1n) is 9.14.